The van der Waals surface area contributed by atoms with Crippen LogP contribution in [0.4, 0.5) is 13.2 Å². The molecule has 7 heteroatoms. The summed E-state index contributed by atoms with van der Waals surface area (Å²) >= 11 is 0. The van der Waals surface area contributed by atoms with Gasteiger partial charge in [0.1, 0.15) is 6.26 Å². The lowest BCUT2D eigenvalue weighted by atomic mass is 10.1. The number of benzene rings is 1. The molecular formula is C12H9F3N2O2. The maximum atomic E-state index is 12.3. The largest absolute Gasteiger partial charge is 0.451 e. The first-order valence-corrected chi connectivity index (χ1v) is 5.29. The molecule has 0 unspecified atom stereocenters. The Hall–Kier alpha value is -2.31. The van der Waals surface area contributed by atoms with Crippen LogP contribution in [0.5, 0.6) is 0 Å². The molecule has 19 heavy (non-hydrogen) atoms. The van der Waals surface area contributed by atoms with E-state index in [1.807, 2.05) is 0 Å². The molecule has 0 atom stereocenters. The van der Waals surface area contributed by atoms with E-state index in [9.17, 15) is 18.0 Å². The Kier molecular flexibility index (Phi) is 3.55. The summed E-state index contributed by atoms with van der Waals surface area (Å²) < 4.78 is 41.7. The highest BCUT2D eigenvalue weighted by Gasteiger charge is 2.30. The zero-order valence-electron chi connectivity index (χ0n) is 9.57. The highest BCUT2D eigenvalue weighted by molar-refractivity contribution is 5.94. The fourth-order valence-electron chi connectivity index (χ4n) is 1.41. The van der Waals surface area contributed by atoms with E-state index in [-0.39, 0.29) is 12.1 Å². The predicted molar refractivity (Wildman–Crippen MR) is 59.1 cm³/mol. The third-order valence-electron chi connectivity index (χ3n) is 2.39. The molecule has 0 radical (unpaired) electrons. The molecule has 1 heterocycles. The van der Waals surface area contributed by atoms with Crippen LogP contribution in [-0.2, 0) is 12.7 Å². The van der Waals surface area contributed by atoms with Gasteiger partial charge in [-0.05, 0) is 24.3 Å². The number of alkyl halides is 3. The minimum atomic E-state index is -4.41. The van der Waals surface area contributed by atoms with Crippen molar-refractivity contribution >= 4 is 5.91 Å². The van der Waals surface area contributed by atoms with Crippen LogP contribution in [0, 0.1) is 0 Å². The van der Waals surface area contributed by atoms with Gasteiger partial charge in [0.15, 0.2) is 6.39 Å². The summed E-state index contributed by atoms with van der Waals surface area (Å²) in [6.07, 6.45) is -1.82. The zero-order chi connectivity index (χ0) is 13.9. The van der Waals surface area contributed by atoms with E-state index in [2.05, 4.69) is 10.3 Å². The number of nitrogens with zero attached hydrogens (tertiary/aromatic N) is 1. The monoisotopic (exact) mass is 270 g/mol. The summed E-state index contributed by atoms with van der Waals surface area (Å²) in [7, 11) is 0. The van der Waals surface area contributed by atoms with Crippen LogP contribution < -0.4 is 5.32 Å². The van der Waals surface area contributed by atoms with Crippen molar-refractivity contribution in [3.05, 3.63) is 53.7 Å². The van der Waals surface area contributed by atoms with E-state index in [1.54, 1.807) is 0 Å². The number of rotatable bonds is 3. The van der Waals surface area contributed by atoms with Gasteiger partial charge < -0.3 is 9.73 Å². The van der Waals surface area contributed by atoms with Crippen LogP contribution in [0.2, 0.25) is 0 Å². The van der Waals surface area contributed by atoms with E-state index in [4.69, 9.17) is 4.42 Å². The number of nitrogens with one attached hydrogen (secondary N) is 1. The average molecular weight is 270 g/mol. The molecule has 1 N–H and O–H groups in total. The minimum absolute atomic E-state index is 0.149. The van der Waals surface area contributed by atoms with Crippen LogP contribution in [0.3, 0.4) is 0 Å². The number of aromatic nitrogens is 1. The molecule has 0 fully saturated rings. The molecule has 2 rings (SSSR count). The smallest absolute Gasteiger partial charge is 0.416 e. The van der Waals surface area contributed by atoms with Gasteiger partial charge in [-0.25, -0.2) is 4.98 Å². The van der Waals surface area contributed by atoms with Crippen molar-refractivity contribution in [2.24, 2.45) is 0 Å². The SMILES string of the molecule is O=C(NCc1cocn1)c1ccc(C(F)(F)F)cc1. The predicted octanol–water partition coefficient (Wildman–Crippen LogP) is 2.62. The molecule has 0 aliphatic rings. The van der Waals surface area contributed by atoms with Gasteiger partial charge in [-0.15, -0.1) is 0 Å². The Balaban J connectivity index is 2.00. The van der Waals surface area contributed by atoms with E-state index in [0.717, 1.165) is 24.3 Å². The number of carbonyl (C=O) groups is 1. The average Bonchev–Trinajstić information content (AvgIpc) is 2.88. The van der Waals surface area contributed by atoms with Crippen LogP contribution in [0.15, 0.2) is 41.3 Å². The number of oxazole rings is 1. The third kappa shape index (κ3) is 3.34. The Morgan fingerprint density at radius 3 is 2.47 bits per heavy atom. The molecule has 0 aliphatic carbocycles. The summed E-state index contributed by atoms with van der Waals surface area (Å²) in [5.74, 6) is -0.475. The van der Waals surface area contributed by atoms with Crippen molar-refractivity contribution in [2.45, 2.75) is 12.7 Å². The molecular weight excluding hydrogens is 261 g/mol. The summed E-state index contributed by atoms with van der Waals surface area (Å²) in [5.41, 5.74) is -0.114. The normalized spacial score (nSPS) is 11.3. The Morgan fingerprint density at radius 1 is 1.26 bits per heavy atom. The molecule has 2 aromatic rings. The number of amides is 1. The topological polar surface area (TPSA) is 55.1 Å². The van der Waals surface area contributed by atoms with Gasteiger partial charge >= 0.3 is 6.18 Å². The Morgan fingerprint density at radius 2 is 1.95 bits per heavy atom. The summed E-state index contributed by atoms with van der Waals surface area (Å²) in [5, 5.41) is 2.52. The van der Waals surface area contributed by atoms with Gasteiger partial charge in [-0.2, -0.15) is 13.2 Å². The number of hydrogen-bond acceptors (Lipinski definition) is 3. The first-order valence-electron chi connectivity index (χ1n) is 5.29. The van der Waals surface area contributed by atoms with Crippen LogP contribution in [0.1, 0.15) is 21.6 Å². The van der Waals surface area contributed by atoms with Crippen molar-refractivity contribution < 1.29 is 22.4 Å². The van der Waals surface area contributed by atoms with Gasteiger partial charge in [0.25, 0.3) is 5.91 Å². The number of carbonyl (C=O) groups excluding carboxylic acids is 1. The summed E-state index contributed by atoms with van der Waals surface area (Å²) in [4.78, 5) is 15.4. The van der Waals surface area contributed by atoms with Crippen molar-refractivity contribution in [1.29, 1.82) is 0 Å². The first kappa shape index (κ1) is 13.1. The second-order valence-electron chi connectivity index (χ2n) is 3.74. The highest BCUT2D eigenvalue weighted by atomic mass is 19.4. The van der Waals surface area contributed by atoms with E-state index >= 15 is 0 Å². The van der Waals surface area contributed by atoms with Crippen molar-refractivity contribution in [3.8, 4) is 0 Å². The second-order valence-corrected chi connectivity index (χ2v) is 3.74. The maximum Gasteiger partial charge on any atom is 0.416 e. The van der Waals surface area contributed by atoms with E-state index in [1.165, 1.54) is 12.7 Å². The fourth-order valence-corrected chi connectivity index (χ4v) is 1.41. The highest BCUT2D eigenvalue weighted by Crippen LogP contribution is 2.29. The van der Waals surface area contributed by atoms with Crippen LogP contribution in [0.25, 0.3) is 0 Å². The zero-order valence-corrected chi connectivity index (χ0v) is 9.57. The van der Waals surface area contributed by atoms with Crippen molar-refractivity contribution in [1.82, 2.24) is 10.3 Å². The minimum Gasteiger partial charge on any atom is -0.451 e. The van der Waals surface area contributed by atoms with E-state index in [0.29, 0.717) is 5.69 Å². The van der Waals surface area contributed by atoms with Gasteiger partial charge in [0.05, 0.1) is 17.8 Å². The molecule has 4 nitrogen and oxygen atoms in total. The maximum absolute atomic E-state index is 12.3. The molecule has 0 bridgehead atoms. The molecule has 0 saturated carbocycles. The molecule has 0 saturated heterocycles. The lowest BCUT2D eigenvalue weighted by molar-refractivity contribution is -0.137. The van der Waals surface area contributed by atoms with Crippen molar-refractivity contribution in [2.75, 3.05) is 0 Å². The van der Waals surface area contributed by atoms with Gasteiger partial charge in [0, 0.05) is 5.56 Å². The van der Waals surface area contributed by atoms with Crippen molar-refractivity contribution in [3.63, 3.8) is 0 Å². The number of hydrogen-bond donors (Lipinski definition) is 1. The fraction of sp³-hybridized carbons (Fsp3) is 0.167. The third-order valence-corrected chi connectivity index (χ3v) is 2.39. The molecule has 0 spiro atoms. The van der Waals surface area contributed by atoms with Crippen LogP contribution in [-0.4, -0.2) is 10.9 Å². The second kappa shape index (κ2) is 5.13. The molecule has 100 valence electrons. The molecule has 1 aromatic heterocycles. The number of halogens is 3. The first-order chi connectivity index (χ1) is 8.97. The summed E-state index contributed by atoms with van der Waals surface area (Å²) in [6, 6.07) is 3.98. The quantitative estimate of drug-likeness (QED) is 0.932. The lowest BCUT2D eigenvalue weighted by Gasteiger charge is -2.07. The Labute approximate surface area is 106 Å². The molecule has 1 aromatic carbocycles. The standard InChI is InChI=1S/C12H9F3N2O2/c13-12(14,15)9-3-1-8(2-4-9)11(18)16-5-10-6-19-7-17-10/h1-4,6-7H,5H2,(H,16,18). The molecule has 0 aliphatic heterocycles. The Bertz CT molecular complexity index is 547. The van der Waals surface area contributed by atoms with Gasteiger partial charge in [0.2, 0.25) is 0 Å². The van der Waals surface area contributed by atoms with E-state index < -0.39 is 17.6 Å². The molecule has 1 amide bonds. The van der Waals surface area contributed by atoms with Crippen LogP contribution >= 0.6 is 0 Å². The lowest BCUT2D eigenvalue weighted by Crippen LogP contribution is -2.23. The summed E-state index contributed by atoms with van der Waals surface area (Å²) in [6.45, 7) is 0.149. The van der Waals surface area contributed by atoms with Gasteiger partial charge in [-0.1, -0.05) is 0 Å². The van der Waals surface area contributed by atoms with Gasteiger partial charge in [-0.3, -0.25) is 4.79 Å².